The van der Waals surface area contributed by atoms with E-state index in [-0.39, 0.29) is 51.4 Å². The smallest absolute Gasteiger partial charge is 0.481 e. The van der Waals surface area contributed by atoms with Gasteiger partial charge in [0.1, 0.15) is 0 Å². The molecule has 0 radical (unpaired) electrons. The van der Waals surface area contributed by atoms with E-state index < -0.39 is 33.7 Å². The summed E-state index contributed by atoms with van der Waals surface area (Å²) in [5, 5.41) is 13.9. The van der Waals surface area contributed by atoms with Crippen molar-refractivity contribution in [3.8, 4) is 0 Å². The third-order valence-corrected chi connectivity index (χ3v) is 4.94. The maximum Gasteiger partial charge on any atom is 1.00 e. The summed E-state index contributed by atoms with van der Waals surface area (Å²) >= 11 is 0. The summed E-state index contributed by atoms with van der Waals surface area (Å²) in [5.41, 5.74) is 0. The van der Waals surface area contributed by atoms with Gasteiger partial charge in [-0.05, 0) is 0 Å². The topological polar surface area (TPSA) is 129 Å². The van der Waals surface area contributed by atoms with Crippen LogP contribution >= 0.6 is 0 Å². The van der Waals surface area contributed by atoms with Crippen molar-refractivity contribution in [1.29, 1.82) is 0 Å². The van der Waals surface area contributed by atoms with E-state index in [0.717, 1.165) is 6.42 Å². The molecule has 0 spiro atoms. The van der Waals surface area contributed by atoms with Gasteiger partial charge in [0.15, 0.2) is 5.25 Å². The predicted octanol–water partition coefficient (Wildman–Crippen LogP) is 1.33. The van der Waals surface area contributed by atoms with E-state index in [1.165, 1.54) is 70.6 Å². The van der Waals surface area contributed by atoms with Crippen LogP contribution in [0.3, 0.4) is 0 Å². The van der Waals surface area contributed by atoms with Gasteiger partial charge >= 0.3 is 63.3 Å². The number of rotatable bonds is 15. The van der Waals surface area contributed by atoms with Crippen LogP contribution in [0.15, 0.2) is 0 Å². The third kappa shape index (κ3) is 24.4. The molecule has 0 aliphatic rings. The molecule has 0 amide bonds. The third-order valence-electron chi connectivity index (χ3n) is 3.85. The standard InChI is InChI=1S/C14H29.C4H6O7S.K/c1-3-5-7-9-11-13-14-12-10-8-6-4-2;5-3(6)1-2(4(7)8)12(9,10)11;/h1,3-14H2,2H3;2H,1H2,(H,5,6)(H,7,8)(H,9,10,11);/q-1;;+1. The monoisotopic (exact) mass is 434 g/mol. The summed E-state index contributed by atoms with van der Waals surface area (Å²) in [5.74, 6) is -3.50. The first kappa shape index (κ1) is 32.2. The van der Waals surface area contributed by atoms with Crippen molar-refractivity contribution < 1.29 is 84.2 Å². The van der Waals surface area contributed by atoms with Crippen molar-refractivity contribution in [2.45, 2.75) is 95.6 Å². The second-order valence-corrected chi connectivity index (χ2v) is 7.93. The maximum atomic E-state index is 10.2. The van der Waals surface area contributed by atoms with Gasteiger partial charge in [-0.2, -0.15) is 14.8 Å². The minimum atomic E-state index is -4.84. The molecule has 1 atom stereocenters. The molecule has 0 aromatic heterocycles. The van der Waals surface area contributed by atoms with Crippen LogP contribution in [0.2, 0.25) is 0 Å². The van der Waals surface area contributed by atoms with Crippen molar-refractivity contribution in [2.75, 3.05) is 0 Å². The molecule has 0 bridgehead atoms. The van der Waals surface area contributed by atoms with Gasteiger partial charge in [-0.25, -0.2) is 0 Å². The van der Waals surface area contributed by atoms with E-state index in [4.69, 9.17) is 14.8 Å². The Kier molecular flexibility index (Phi) is 25.3. The zero-order valence-corrected chi connectivity index (χ0v) is 20.8. The van der Waals surface area contributed by atoms with Crippen LogP contribution in [-0.2, 0) is 19.7 Å². The summed E-state index contributed by atoms with van der Waals surface area (Å²) in [6.07, 6.45) is 15.7. The van der Waals surface area contributed by atoms with Crippen LogP contribution in [0.4, 0.5) is 0 Å². The second-order valence-electron chi connectivity index (χ2n) is 6.33. The fraction of sp³-hybridized carbons (Fsp3) is 0.833. The molecule has 0 heterocycles. The van der Waals surface area contributed by atoms with Crippen LogP contribution in [0.1, 0.15) is 90.4 Å². The van der Waals surface area contributed by atoms with E-state index in [1.807, 2.05) is 0 Å². The molecule has 7 nitrogen and oxygen atoms in total. The summed E-state index contributed by atoms with van der Waals surface area (Å²) in [4.78, 5) is 20.0. The number of hydrogen-bond donors (Lipinski definition) is 3. The van der Waals surface area contributed by atoms with Gasteiger partial charge in [0.05, 0.1) is 6.42 Å². The van der Waals surface area contributed by atoms with Gasteiger partial charge in [0.25, 0.3) is 10.1 Å². The van der Waals surface area contributed by atoms with Crippen molar-refractivity contribution in [3.05, 3.63) is 6.92 Å². The van der Waals surface area contributed by atoms with Gasteiger partial charge in [0, 0.05) is 0 Å². The molecule has 0 aromatic rings. The van der Waals surface area contributed by atoms with Crippen LogP contribution in [-0.4, -0.2) is 40.4 Å². The van der Waals surface area contributed by atoms with Crippen LogP contribution in [0, 0.1) is 6.92 Å². The van der Waals surface area contributed by atoms with Gasteiger partial charge in [-0.15, -0.1) is 0 Å². The van der Waals surface area contributed by atoms with Crippen molar-refractivity contribution in [3.63, 3.8) is 0 Å². The zero-order chi connectivity index (χ0) is 20.4. The number of carbonyl (C=O) groups is 2. The first-order valence-electron chi connectivity index (χ1n) is 9.36. The molecule has 27 heavy (non-hydrogen) atoms. The second kappa shape index (κ2) is 21.2. The quantitative estimate of drug-likeness (QED) is 0.153. The Morgan fingerprint density at radius 3 is 1.44 bits per heavy atom. The van der Waals surface area contributed by atoms with Crippen molar-refractivity contribution in [2.24, 2.45) is 0 Å². The largest absolute Gasteiger partial charge is 1.00 e. The number of aliphatic carboxylic acids is 2. The predicted molar refractivity (Wildman–Crippen MR) is 102 cm³/mol. The molecule has 0 aliphatic heterocycles. The van der Waals surface area contributed by atoms with Gasteiger partial charge in [-0.1, -0.05) is 77.6 Å². The van der Waals surface area contributed by atoms with E-state index in [2.05, 4.69) is 13.8 Å². The Bertz CT molecular complexity index is 454. The first-order valence-corrected chi connectivity index (χ1v) is 10.9. The van der Waals surface area contributed by atoms with Crippen molar-refractivity contribution in [1.82, 2.24) is 0 Å². The van der Waals surface area contributed by atoms with Gasteiger partial charge < -0.3 is 17.1 Å². The summed E-state index contributed by atoms with van der Waals surface area (Å²) in [6.45, 7) is 6.14. The maximum absolute atomic E-state index is 10.2. The Balaban J connectivity index is -0.000000416. The normalized spacial score (nSPS) is 11.7. The van der Waals surface area contributed by atoms with E-state index >= 15 is 0 Å². The number of carboxylic acids is 2. The summed E-state index contributed by atoms with van der Waals surface area (Å²) in [7, 11) is -4.84. The average Bonchev–Trinajstić information content (AvgIpc) is 2.53. The molecule has 0 aromatic carbocycles. The molecule has 0 saturated heterocycles. The molecular weight excluding hydrogens is 399 g/mol. The number of unbranched alkanes of at least 4 members (excludes halogenated alkanes) is 11. The Hall–Kier alpha value is 0.486. The minimum absolute atomic E-state index is 0. The molecule has 0 saturated carbocycles. The van der Waals surface area contributed by atoms with Crippen LogP contribution in [0.25, 0.3) is 0 Å². The molecule has 0 aliphatic carbocycles. The molecular formula is C18H35KO7S. The Morgan fingerprint density at radius 1 is 0.852 bits per heavy atom. The van der Waals surface area contributed by atoms with E-state index in [0.29, 0.717) is 0 Å². The van der Waals surface area contributed by atoms with Crippen LogP contribution < -0.4 is 51.4 Å². The first-order chi connectivity index (χ1) is 12.2. The summed E-state index contributed by atoms with van der Waals surface area (Å²) in [6, 6.07) is 0. The molecule has 0 fully saturated rings. The van der Waals surface area contributed by atoms with E-state index in [9.17, 15) is 18.0 Å². The number of hydrogen-bond acceptors (Lipinski definition) is 4. The summed E-state index contributed by atoms with van der Waals surface area (Å²) < 4.78 is 28.7. The SMILES string of the molecule is O=C(O)CC(C(=O)O)S(=O)(=O)O.[CH2-]CCCCCCCCCCCCC.[K+]. The number of carboxylic acid groups (broad SMARTS) is 2. The Morgan fingerprint density at radius 2 is 1.22 bits per heavy atom. The fourth-order valence-electron chi connectivity index (χ4n) is 2.32. The minimum Gasteiger partial charge on any atom is -0.481 e. The molecule has 156 valence electrons. The Labute approximate surface area is 206 Å². The molecule has 9 heteroatoms. The molecule has 1 unspecified atom stereocenters. The van der Waals surface area contributed by atoms with Gasteiger partial charge in [0.2, 0.25) is 0 Å². The van der Waals surface area contributed by atoms with Crippen LogP contribution in [0.5, 0.6) is 0 Å². The average molecular weight is 435 g/mol. The fourth-order valence-corrected chi connectivity index (χ4v) is 2.93. The zero-order valence-electron chi connectivity index (χ0n) is 16.9. The molecule has 0 rings (SSSR count). The van der Waals surface area contributed by atoms with Crippen molar-refractivity contribution >= 4 is 22.1 Å². The van der Waals surface area contributed by atoms with E-state index in [1.54, 1.807) is 0 Å². The molecule has 3 N–H and O–H groups in total. The van der Waals surface area contributed by atoms with Gasteiger partial charge in [-0.3, -0.25) is 14.1 Å².